The van der Waals surface area contributed by atoms with Crippen molar-refractivity contribution in [1.82, 2.24) is 0 Å². The minimum absolute atomic E-state index is 0.224. The number of methoxy groups -OCH3 is 1. The van der Waals surface area contributed by atoms with Crippen LogP contribution in [0, 0.1) is 0 Å². The van der Waals surface area contributed by atoms with E-state index in [1.54, 1.807) is 7.11 Å². The smallest absolute Gasteiger partial charge is 0.119 e. The maximum absolute atomic E-state index is 9.75. The summed E-state index contributed by atoms with van der Waals surface area (Å²) >= 11 is 0. The molecule has 0 bridgehead atoms. The van der Waals surface area contributed by atoms with E-state index in [0.717, 1.165) is 22.4 Å². The first kappa shape index (κ1) is 12.6. The van der Waals surface area contributed by atoms with E-state index >= 15 is 0 Å². The van der Waals surface area contributed by atoms with Crippen LogP contribution in [0.15, 0.2) is 48.5 Å². The lowest BCUT2D eigenvalue weighted by atomic mass is 10.0. The van der Waals surface area contributed by atoms with Gasteiger partial charge in [0.25, 0.3) is 0 Å². The molecule has 0 amide bonds. The van der Waals surface area contributed by atoms with E-state index in [9.17, 15) is 5.11 Å². The lowest BCUT2D eigenvalue weighted by molar-refractivity contribution is 0.187. The van der Waals surface area contributed by atoms with E-state index in [1.807, 2.05) is 48.5 Å². The van der Waals surface area contributed by atoms with Crippen molar-refractivity contribution < 1.29 is 9.84 Å². The Labute approximate surface area is 107 Å². The van der Waals surface area contributed by atoms with E-state index in [1.165, 1.54) is 0 Å². The number of aliphatic hydroxyl groups excluding tert-OH is 1. The maximum Gasteiger partial charge on any atom is 0.119 e. The molecule has 3 nitrogen and oxygen atoms in total. The van der Waals surface area contributed by atoms with Crippen molar-refractivity contribution in [3.8, 4) is 16.9 Å². The molecule has 0 aliphatic rings. The second-order valence-electron chi connectivity index (χ2n) is 4.11. The Morgan fingerprint density at radius 1 is 1.11 bits per heavy atom. The fraction of sp³-hybridized carbons (Fsp3) is 0.200. The number of ether oxygens (including phenoxy) is 1. The average molecular weight is 243 g/mol. The Bertz CT molecular complexity index is 525. The molecule has 1 unspecified atom stereocenters. The standard InChI is InChI=1S/C15H17NO2/c1-18-14-7-3-5-12(9-14)11-4-2-6-13(8-11)15(17)10-16/h2-9,15,17H,10,16H2,1H3. The van der Waals surface area contributed by atoms with Crippen molar-refractivity contribution in [1.29, 1.82) is 0 Å². The Hall–Kier alpha value is -1.84. The van der Waals surface area contributed by atoms with Gasteiger partial charge < -0.3 is 15.6 Å². The Kier molecular flexibility index (Phi) is 3.97. The maximum atomic E-state index is 9.75. The summed E-state index contributed by atoms with van der Waals surface area (Å²) in [5, 5.41) is 9.75. The van der Waals surface area contributed by atoms with Crippen molar-refractivity contribution in [2.24, 2.45) is 5.73 Å². The summed E-state index contributed by atoms with van der Waals surface area (Å²) in [6.45, 7) is 0.224. The number of rotatable bonds is 4. The summed E-state index contributed by atoms with van der Waals surface area (Å²) in [6.07, 6.45) is -0.615. The highest BCUT2D eigenvalue weighted by Crippen LogP contribution is 2.26. The van der Waals surface area contributed by atoms with Crippen LogP contribution in [0.2, 0.25) is 0 Å². The van der Waals surface area contributed by atoms with Gasteiger partial charge in [-0.1, -0.05) is 30.3 Å². The topological polar surface area (TPSA) is 55.5 Å². The van der Waals surface area contributed by atoms with E-state index in [2.05, 4.69) is 0 Å². The van der Waals surface area contributed by atoms with Gasteiger partial charge in [0.05, 0.1) is 13.2 Å². The van der Waals surface area contributed by atoms with Gasteiger partial charge in [0.15, 0.2) is 0 Å². The van der Waals surface area contributed by atoms with Crippen molar-refractivity contribution in [2.75, 3.05) is 13.7 Å². The minimum Gasteiger partial charge on any atom is -0.497 e. The average Bonchev–Trinajstić information content (AvgIpc) is 2.46. The molecule has 0 saturated heterocycles. The Morgan fingerprint density at radius 3 is 2.44 bits per heavy atom. The molecule has 0 fully saturated rings. The molecule has 18 heavy (non-hydrogen) atoms. The molecule has 0 aliphatic carbocycles. The summed E-state index contributed by atoms with van der Waals surface area (Å²) in [6, 6.07) is 15.6. The van der Waals surface area contributed by atoms with Crippen molar-refractivity contribution >= 4 is 0 Å². The third-order valence-corrected chi connectivity index (χ3v) is 2.90. The molecule has 0 spiro atoms. The Morgan fingerprint density at radius 2 is 1.78 bits per heavy atom. The molecular formula is C15H17NO2. The van der Waals surface area contributed by atoms with E-state index in [0.29, 0.717) is 0 Å². The van der Waals surface area contributed by atoms with Crippen LogP contribution >= 0.6 is 0 Å². The Balaban J connectivity index is 2.38. The van der Waals surface area contributed by atoms with E-state index < -0.39 is 6.10 Å². The van der Waals surface area contributed by atoms with Gasteiger partial charge in [0.1, 0.15) is 5.75 Å². The van der Waals surface area contributed by atoms with Crippen molar-refractivity contribution in [2.45, 2.75) is 6.10 Å². The number of hydrogen-bond acceptors (Lipinski definition) is 3. The van der Waals surface area contributed by atoms with E-state index in [-0.39, 0.29) is 6.54 Å². The number of aliphatic hydroxyl groups is 1. The third kappa shape index (κ3) is 2.70. The first-order valence-electron chi connectivity index (χ1n) is 5.87. The van der Waals surface area contributed by atoms with Gasteiger partial charge in [0.2, 0.25) is 0 Å². The monoisotopic (exact) mass is 243 g/mol. The summed E-state index contributed by atoms with van der Waals surface area (Å²) in [7, 11) is 1.65. The minimum atomic E-state index is -0.615. The van der Waals surface area contributed by atoms with Crippen LogP contribution < -0.4 is 10.5 Å². The predicted molar refractivity (Wildman–Crippen MR) is 72.4 cm³/mol. The highest BCUT2D eigenvalue weighted by Gasteiger charge is 2.06. The van der Waals surface area contributed by atoms with Crippen molar-refractivity contribution in [3.05, 3.63) is 54.1 Å². The lowest BCUT2D eigenvalue weighted by Crippen LogP contribution is -2.11. The summed E-state index contributed by atoms with van der Waals surface area (Å²) < 4.78 is 5.21. The molecule has 1 atom stereocenters. The largest absolute Gasteiger partial charge is 0.497 e. The molecule has 0 heterocycles. The zero-order valence-corrected chi connectivity index (χ0v) is 10.3. The summed E-state index contributed by atoms with van der Waals surface area (Å²) in [5.41, 5.74) is 8.40. The van der Waals surface area contributed by atoms with Crippen LogP contribution in [-0.4, -0.2) is 18.8 Å². The summed E-state index contributed by atoms with van der Waals surface area (Å²) in [5.74, 6) is 0.817. The highest BCUT2D eigenvalue weighted by molar-refractivity contribution is 5.65. The molecule has 2 rings (SSSR count). The number of hydrogen-bond donors (Lipinski definition) is 2. The fourth-order valence-electron chi connectivity index (χ4n) is 1.86. The quantitative estimate of drug-likeness (QED) is 0.866. The molecule has 0 radical (unpaired) electrons. The van der Waals surface area contributed by atoms with Crippen LogP contribution in [0.5, 0.6) is 5.75 Å². The number of benzene rings is 2. The highest BCUT2D eigenvalue weighted by atomic mass is 16.5. The summed E-state index contributed by atoms with van der Waals surface area (Å²) in [4.78, 5) is 0. The van der Waals surface area contributed by atoms with E-state index in [4.69, 9.17) is 10.5 Å². The van der Waals surface area contributed by atoms with Crippen LogP contribution in [-0.2, 0) is 0 Å². The van der Waals surface area contributed by atoms with Gasteiger partial charge in [-0.3, -0.25) is 0 Å². The SMILES string of the molecule is COc1cccc(-c2cccc(C(O)CN)c2)c1. The molecule has 0 saturated carbocycles. The van der Waals surface area contributed by atoms with Crippen LogP contribution in [0.1, 0.15) is 11.7 Å². The molecular weight excluding hydrogens is 226 g/mol. The number of nitrogens with two attached hydrogens (primary N) is 1. The fourth-order valence-corrected chi connectivity index (χ4v) is 1.86. The second-order valence-corrected chi connectivity index (χ2v) is 4.11. The lowest BCUT2D eigenvalue weighted by Gasteiger charge is -2.10. The first-order valence-corrected chi connectivity index (χ1v) is 5.87. The molecule has 2 aromatic carbocycles. The van der Waals surface area contributed by atoms with Gasteiger partial charge in [-0.2, -0.15) is 0 Å². The predicted octanol–water partition coefficient (Wildman–Crippen LogP) is 2.35. The van der Waals surface area contributed by atoms with Crippen molar-refractivity contribution in [3.63, 3.8) is 0 Å². The van der Waals surface area contributed by atoms with Gasteiger partial charge in [-0.25, -0.2) is 0 Å². The normalized spacial score (nSPS) is 12.2. The van der Waals surface area contributed by atoms with Crippen LogP contribution in [0.4, 0.5) is 0 Å². The zero-order chi connectivity index (χ0) is 13.0. The molecule has 3 N–H and O–H groups in total. The van der Waals surface area contributed by atoms with Gasteiger partial charge in [0, 0.05) is 6.54 Å². The molecule has 94 valence electrons. The van der Waals surface area contributed by atoms with Crippen LogP contribution in [0.3, 0.4) is 0 Å². The zero-order valence-electron chi connectivity index (χ0n) is 10.3. The molecule has 0 aromatic heterocycles. The van der Waals surface area contributed by atoms with Gasteiger partial charge >= 0.3 is 0 Å². The molecule has 3 heteroatoms. The molecule has 0 aliphatic heterocycles. The molecule has 2 aromatic rings. The second kappa shape index (κ2) is 5.67. The van der Waals surface area contributed by atoms with Crippen LogP contribution in [0.25, 0.3) is 11.1 Å². The third-order valence-electron chi connectivity index (χ3n) is 2.90. The van der Waals surface area contributed by atoms with Gasteiger partial charge in [-0.05, 0) is 34.9 Å². The van der Waals surface area contributed by atoms with Gasteiger partial charge in [-0.15, -0.1) is 0 Å². The first-order chi connectivity index (χ1) is 8.74.